The van der Waals surface area contributed by atoms with Crippen LogP contribution >= 0.6 is 0 Å². The molecule has 0 rings (SSSR count). The first-order chi connectivity index (χ1) is 24.8. The lowest BCUT2D eigenvalue weighted by molar-refractivity contribution is -0.138. The van der Waals surface area contributed by atoms with Crippen molar-refractivity contribution in [3.63, 3.8) is 0 Å². The molecule has 0 aromatic heterocycles. The highest BCUT2D eigenvalue weighted by atomic mass is 16.6. The van der Waals surface area contributed by atoms with Crippen molar-refractivity contribution in [2.24, 2.45) is 0 Å². The van der Waals surface area contributed by atoms with Gasteiger partial charge in [0.05, 0.1) is 145 Å². The molecule has 0 unspecified atom stereocenters. The lowest BCUT2D eigenvalue weighted by Gasteiger charge is -2.09. The van der Waals surface area contributed by atoms with E-state index >= 15 is 0 Å². The highest BCUT2D eigenvalue weighted by Gasteiger charge is 1.98. The zero-order chi connectivity index (χ0) is 36.1. The summed E-state index contributed by atoms with van der Waals surface area (Å²) in [7, 11) is 0. The Morgan fingerprint density at radius 2 is 0.500 bits per heavy atom. The molecule has 0 aromatic rings. The van der Waals surface area contributed by atoms with Crippen LogP contribution in [-0.4, -0.2) is 156 Å². The van der Waals surface area contributed by atoms with E-state index in [0.29, 0.717) is 132 Å². The van der Waals surface area contributed by atoms with Crippen LogP contribution in [0.25, 0.3) is 0 Å². The van der Waals surface area contributed by atoms with Gasteiger partial charge >= 0.3 is 5.97 Å². The minimum Gasteiger partial charge on any atom is -0.481 e. The van der Waals surface area contributed by atoms with Gasteiger partial charge in [-0.2, -0.15) is 0 Å². The number of ether oxygens (including phenoxy) is 11. The number of carbonyl (C=O) groups is 1. The Hall–Kier alpha value is -0.970. The molecule has 0 heterocycles. The predicted octanol–water partition coefficient (Wildman–Crippen LogP) is 5.34. The molecular formula is C37H74O13. The second-order valence-electron chi connectivity index (χ2n) is 11.8. The summed E-state index contributed by atoms with van der Waals surface area (Å²) in [5.74, 6) is -0.871. The lowest BCUT2D eigenvalue weighted by atomic mass is 10.1. The molecule has 0 atom stereocenters. The van der Waals surface area contributed by atoms with Crippen LogP contribution in [0.1, 0.15) is 90.4 Å². The van der Waals surface area contributed by atoms with Crippen LogP contribution in [-0.2, 0) is 56.9 Å². The molecule has 0 spiro atoms. The van der Waals surface area contributed by atoms with Crippen molar-refractivity contribution in [3.8, 4) is 0 Å². The van der Waals surface area contributed by atoms with Gasteiger partial charge in [0.25, 0.3) is 0 Å². The third kappa shape index (κ3) is 47.0. The molecule has 13 heteroatoms. The third-order valence-electron chi connectivity index (χ3n) is 7.32. The number of unbranched alkanes of at least 4 members (excludes halogenated alkanes) is 11. The first-order valence-corrected chi connectivity index (χ1v) is 19.3. The van der Waals surface area contributed by atoms with Crippen molar-refractivity contribution >= 4 is 5.97 Å². The first kappa shape index (κ1) is 49.0. The molecule has 0 bridgehead atoms. The minimum absolute atomic E-state index is 0.000766. The maximum atomic E-state index is 10.3. The van der Waals surface area contributed by atoms with Gasteiger partial charge in [-0.3, -0.25) is 4.79 Å². The molecular weight excluding hydrogens is 652 g/mol. The normalized spacial score (nSPS) is 11.5. The van der Waals surface area contributed by atoms with Crippen LogP contribution in [0.5, 0.6) is 0 Å². The SMILES string of the molecule is CCCCCCCCCCCCCCOCCOCCOCCOCCOCCOCCOCCOCCOCCOCCOCCC(=O)O. The van der Waals surface area contributed by atoms with Crippen molar-refractivity contribution in [3.05, 3.63) is 0 Å². The van der Waals surface area contributed by atoms with Crippen molar-refractivity contribution < 1.29 is 62.0 Å². The van der Waals surface area contributed by atoms with Gasteiger partial charge in [-0.05, 0) is 6.42 Å². The van der Waals surface area contributed by atoms with Gasteiger partial charge < -0.3 is 57.2 Å². The Bertz CT molecular complexity index is 630. The van der Waals surface area contributed by atoms with Gasteiger partial charge in [0.1, 0.15) is 0 Å². The Kier molecular flexibility index (Phi) is 45.2. The molecule has 13 nitrogen and oxygen atoms in total. The summed E-state index contributed by atoms with van der Waals surface area (Å²) >= 11 is 0. The summed E-state index contributed by atoms with van der Waals surface area (Å²) in [4.78, 5) is 10.3. The van der Waals surface area contributed by atoms with Crippen molar-refractivity contribution in [1.82, 2.24) is 0 Å². The molecule has 50 heavy (non-hydrogen) atoms. The number of carboxylic acids is 1. The maximum Gasteiger partial charge on any atom is 0.305 e. The molecule has 0 aliphatic rings. The fourth-order valence-corrected chi connectivity index (χ4v) is 4.51. The second kappa shape index (κ2) is 46.1. The monoisotopic (exact) mass is 727 g/mol. The van der Waals surface area contributed by atoms with E-state index in [0.717, 1.165) is 13.0 Å². The van der Waals surface area contributed by atoms with Gasteiger partial charge in [-0.25, -0.2) is 0 Å². The molecule has 300 valence electrons. The molecule has 0 aromatic carbocycles. The third-order valence-corrected chi connectivity index (χ3v) is 7.32. The number of rotatable bonds is 46. The topological polar surface area (TPSA) is 139 Å². The van der Waals surface area contributed by atoms with Gasteiger partial charge in [0.15, 0.2) is 0 Å². The number of aliphatic carboxylic acids is 1. The zero-order valence-corrected chi connectivity index (χ0v) is 31.6. The molecule has 0 radical (unpaired) electrons. The maximum absolute atomic E-state index is 10.3. The first-order valence-electron chi connectivity index (χ1n) is 19.3. The summed E-state index contributed by atoms with van der Waals surface area (Å²) in [6.45, 7) is 13.4. The molecule has 0 aliphatic heterocycles. The molecule has 1 N–H and O–H groups in total. The molecule has 0 aliphatic carbocycles. The summed E-state index contributed by atoms with van der Waals surface area (Å²) in [6.07, 6.45) is 16.3. The average molecular weight is 727 g/mol. The van der Waals surface area contributed by atoms with Crippen molar-refractivity contribution in [1.29, 1.82) is 0 Å². The van der Waals surface area contributed by atoms with E-state index in [2.05, 4.69) is 6.92 Å². The van der Waals surface area contributed by atoms with E-state index in [1.807, 2.05) is 0 Å². The van der Waals surface area contributed by atoms with E-state index in [-0.39, 0.29) is 13.0 Å². The standard InChI is InChI=1S/C37H74O13/c1-2-3-4-5-6-7-8-9-10-11-12-13-15-40-17-19-42-21-23-44-25-27-46-29-31-48-33-35-50-36-34-49-32-30-47-28-26-45-24-22-43-20-18-41-16-14-37(38)39/h2-36H2,1H3,(H,38,39). The highest BCUT2D eigenvalue weighted by molar-refractivity contribution is 5.66. The predicted molar refractivity (Wildman–Crippen MR) is 192 cm³/mol. The van der Waals surface area contributed by atoms with Crippen LogP contribution < -0.4 is 0 Å². The summed E-state index contributed by atoms with van der Waals surface area (Å²) in [5, 5.41) is 8.50. The Morgan fingerprint density at radius 1 is 0.300 bits per heavy atom. The largest absolute Gasteiger partial charge is 0.481 e. The highest BCUT2D eigenvalue weighted by Crippen LogP contribution is 2.11. The zero-order valence-electron chi connectivity index (χ0n) is 31.6. The molecule has 0 fully saturated rings. The summed E-state index contributed by atoms with van der Waals surface area (Å²) in [6, 6.07) is 0. The number of hydrogen-bond acceptors (Lipinski definition) is 12. The molecule has 0 saturated carbocycles. The van der Waals surface area contributed by atoms with E-state index in [1.54, 1.807) is 0 Å². The van der Waals surface area contributed by atoms with Crippen LogP contribution in [0.2, 0.25) is 0 Å². The number of carboxylic acid groups (broad SMARTS) is 1. The van der Waals surface area contributed by atoms with Gasteiger partial charge in [0.2, 0.25) is 0 Å². The average Bonchev–Trinajstić information content (AvgIpc) is 3.11. The Labute approximate surface area is 303 Å². The van der Waals surface area contributed by atoms with Crippen molar-refractivity contribution in [2.75, 3.05) is 145 Å². The van der Waals surface area contributed by atoms with Crippen molar-refractivity contribution in [2.45, 2.75) is 90.4 Å². The van der Waals surface area contributed by atoms with Crippen LogP contribution in [0.3, 0.4) is 0 Å². The Balaban J connectivity index is 3.05. The molecule has 0 amide bonds. The van der Waals surface area contributed by atoms with Gasteiger partial charge in [0, 0.05) is 6.61 Å². The minimum atomic E-state index is -0.871. The van der Waals surface area contributed by atoms with Crippen LogP contribution in [0.15, 0.2) is 0 Å². The van der Waals surface area contributed by atoms with Crippen LogP contribution in [0.4, 0.5) is 0 Å². The summed E-state index contributed by atoms with van der Waals surface area (Å²) < 4.78 is 60.0. The Morgan fingerprint density at radius 3 is 0.740 bits per heavy atom. The van der Waals surface area contributed by atoms with Gasteiger partial charge in [-0.1, -0.05) is 77.6 Å². The van der Waals surface area contributed by atoms with E-state index in [1.165, 1.54) is 70.6 Å². The van der Waals surface area contributed by atoms with Crippen LogP contribution in [0, 0.1) is 0 Å². The fourth-order valence-electron chi connectivity index (χ4n) is 4.51. The van der Waals surface area contributed by atoms with E-state index < -0.39 is 5.97 Å². The summed E-state index contributed by atoms with van der Waals surface area (Å²) in [5.41, 5.74) is 0. The fraction of sp³-hybridized carbons (Fsp3) is 0.973. The van der Waals surface area contributed by atoms with E-state index in [9.17, 15) is 4.79 Å². The van der Waals surface area contributed by atoms with Gasteiger partial charge in [-0.15, -0.1) is 0 Å². The van der Waals surface area contributed by atoms with E-state index in [4.69, 9.17) is 57.2 Å². The molecule has 0 saturated heterocycles. The number of hydrogen-bond donors (Lipinski definition) is 1. The smallest absolute Gasteiger partial charge is 0.305 e. The quantitative estimate of drug-likeness (QED) is 0.0808. The second-order valence-corrected chi connectivity index (χ2v) is 11.8. The lowest BCUT2D eigenvalue weighted by Crippen LogP contribution is -2.15.